The fourth-order valence-corrected chi connectivity index (χ4v) is 6.69. The number of ether oxygens (including phenoxy) is 1. The van der Waals surface area contributed by atoms with Crippen molar-refractivity contribution in [1.82, 2.24) is 38.1 Å². The van der Waals surface area contributed by atoms with Gasteiger partial charge in [-0.1, -0.05) is 20.3 Å². The average molecular weight is 599 g/mol. The van der Waals surface area contributed by atoms with Gasteiger partial charge in [0.1, 0.15) is 17.1 Å². The lowest BCUT2D eigenvalue weighted by Gasteiger charge is -2.33. The summed E-state index contributed by atoms with van der Waals surface area (Å²) in [6.07, 6.45) is 5.63. The number of sulfonamides is 1. The number of hydrogen-bond acceptors (Lipinski definition) is 9. The minimum atomic E-state index is -3.83. The molecule has 0 amide bonds. The highest BCUT2D eigenvalue weighted by Gasteiger charge is 2.30. The fraction of sp³-hybridized carbons (Fsp3) is 0.500. The number of fused-ring (bicyclic) bond motifs is 1. The van der Waals surface area contributed by atoms with Gasteiger partial charge in [0.25, 0.3) is 5.56 Å². The highest BCUT2D eigenvalue weighted by atomic mass is 32.2. The van der Waals surface area contributed by atoms with E-state index in [0.717, 1.165) is 18.5 Å². The molecule has 1 saturated heterocycles. The Balaban J connectivity index is 1.65. The molecule has 14 heteroatoms. The quantitative estimate of drug-likeness (QED) is 0.272. The van der Waals surface area contributed by atoms with Crippen molar-refractivity contribution >= 4 is 21.1 Å². The summed E-state index contributed by atoms with van der Waals surface area (Å²) in [6.45, 7) is 6.71. The Kier molecular flexibility index (Phi) is 8.78. The van der Waals surface area contributed by atoms with Gasteiger partial charge in [0.15, 0.2) is 5.52 Å². The summed E-state index contributed by atoms with van der Waals surface area (Å²) in [5.41, 5.74) is 1.48. The lowest BCUT2D eigenvalue weighted by atomic mass is 10.1. The molecule has 4 heterocycles. The third-order valence-corrected chi connectivity index (χ3v) is 9.40. The van der Waals surface area contributed by atoms with Gasteiger partial charge in [-0.05, 0) is 31.0 Å². The summed E-state index contributed by atoms with van der Waals surface area (Å²) < 4.78 is 39.8. The van der Waals surface area contributed by atoms with E-state index in [1.165, 1.54) is 8.87 Å². The maximum absolute atomic E-state index is 13.7. The number of aliphatic hydroxyl groups is 1. The second kappa shape index (κ2) is 12.3. The Bertz CT molecular complexity index is 1730. The molecule has 5 rings (SSSR count). The molecule has 4 aromatic rings. The summed E-state index contributed by atoms with van der Waals surface area (Å²) in [5, 5.41) is 13.9. The van der Waals surface area contributed by atoms with Crippen LogP contribution in [0.4, 0.5) is 0 Å². The molecule has 13 nitrogen and oxygen atoms in total. The summed E-state index contributed by atoms with van der Waals surface area (Å²) in [4.78, 5) is 25.2. The molecule has 3 aromatic heterocycles. The zero-order valence-electron chi connectivity index (χ0n) is 24.5. The van der Waals surface area contributed by atoms with Gasteiger partial charge < -0.3 is 14.4 Å². The second-order valence-electron chi connectivity index (χ2n) is 10.4. The van der Waals surface area contributed by atoms with Gasteiger partial charge in [-0.3, -0.25) is 14.3 Å². The van der Waals surface area contributed by atoms with Crippen molar-refractivity contribution in [2.75, 3.05) is 45.9 Å². The number of benzene rings is 1. The van der Waals surface area contributed by atoms with Gasteiger partial charge in [0.05, 0.1) is 29.4 Å². The summed E-state index contributed by atoms with van der Waals surface area (Å²) in [5.74, 6) is 1.30. The van der Waals surface area contributed by atoms with Gasteiger partial charge >= 0.3 is 0 Å². The monoisotopic (exact) mass is 598 g/mol. The molecule has 1 fully saturated rings. The minimum absolute atomic E-state index is 0.0337. The number of piperazine rings is 1. The molecule has 0 radical (unpaired) electrons. The molecular weight excluding hydrogens is 560 g/mol. The van der Waals surface area contributed by atoms with Crippen molar-refractivity contribution in [3.8, 4) is 23.1 Å². The molecule has 0 saturated carbocycles. The van der Waals surface area contributed by atoms with Crippen molar-refractivity contribution in [2.45, 2.75) is 38.0 Å². The highest BCUT2D eigenvalue weighted by Crippen LogP contribution is 2.33. The number of nitrogens with zero attached hydrogens (tertiary/aromatic N) is 8. The van der Waals surface area contributed by atoms with E-state index in [9.17, 15) is 18.3 Å². The summed E-state index contributed by atoms with van der Waals surface area (Å²) in [6, 6.07) is 4.74. The molecule has 0 bridgehead atoms. The van der Waals surface area contributed by atoms with Crippen LogP contribution in [0.3, 0.4) is 0 Å². The molecule has 0 aliphatic carbocycles. The van der Waals surface area contributed by atoms with Crippen molar-refractivity contribution in [2.24, 2.45) is 14.1 Å². The first-order valence-electron chi connectivity index (χ1n) is 14.3. The van der Waals surface area contributed by atoms with E-state index in [1.54, 1.807) is 36.1 Å². The Morgan fingerprint density at radius 1 is 1.05 bits per heavy atom. The third-order valence-electron chi connectivity index (χ3n) is 7.51. The van der Waals surface area contributed by atoms with Crippen LogP contribution in [0.25, 0.3) is 28.4 Å². The van der Waals surface area contributed by atoms with Crippen LogP contribution in [-0.2, 0) is 30.5 Å². The van der Waals surface area contributed by atoms with Crippen LogP contribution in [0, 0.1) is 0 Å². The standard InChI is InChI=1S/C28H38N8O5S/c1-5-7-22-24-25(31-36(22)28-29-10-11-32(28)3)27(38)33(4)26(30-24)21-19-20(8-9-23(21)41-18-6-2)42(39,40)35-14-12-34(13-15-35)16-17-37/h8-11,19,37H,5-7,12-18H2,1-4H3. The van der Waals surface area contributed by atoms with Crippen LogP contribution in [0.5, 0.6) is 5.75 Å². The molecule has 0 atom stereocenters. The first kappa shape index (κ1) is 29.9. The zero-order chi connectivity index (χ0) is 30.0. The number of β-amino-alcohol motifs (C(OH)–C–C–N with tert-alkyl or cyclic N) is 1. The van der Waals surface area contributed by atoms with Gasteiger partial charge in [0, 0.05) is 59.2 Å². The van der Waals surface area contributed by atoms with E-state index in [0.29, 0.717) is 74.4 Å². The molecule has 1 aliphatic heterocycles. The van der Waals surface area contributed by atoms with E-state index in [2.05, 4.69) is 10.1 Å². The van der Waals surface area contributed by atoms with Gasteiger partial charge in [0.2, 0.25) is 16.0 Å². The van der Waals surface area contributed by atoms with Crippen LogP contribution >= 0.6 is 0 Å². The third kappa shape index (κ3) is 5.46. The van der Waals surface area contributed by atoms with Crippen LogP contribution in [0.1, 0.15) is 32.4 Å². The molecule has 1 aromatic carbocycles. The summed E-state index contributed by atoms with van der Waals surface area (Å²) in [7, 11) is -0.371. The van der Waals surface area contributed by atoms with Crippen molar-refractivity contribution in [3.05, 3.63) is 46.6 Å². The van der Waals surface area contributed by atoms with Crippen LogP contribution in [0.15, 0.2) is 40.3 Å². The Morgan fingerprint density at radius 3 is 2.45 bits per heavy atom. The van der Waals surface area contributed by atoms with Gasteiger partial charge in [-0.2, -0.15) is 9.40 Å². The molecule has 226 valence electrons. The van der Waals surface area contributed by atoms with Crippen molar-refractivity contribution < 1.29 is 18.3 Å². The van der Waals surface area contributed by atoms with Crippen LogP contribution in [-0.4, -0.2) is 97.5 Å². The molecule has 42 heavy (non-hydrogen) atoms. The fourth-order valence-electron chi connectivity index (χ4n) is 5.24. The minimum Gasteiger partial charge on any atom is -0.493 e. The normalized spacial score (nSPS) is 15.1. The summed E-state index contributed by atoms with van der Waals surface area (Å²) >= 11 is 0. The van der Waals surface area contributed by atoms with Crippen molar-refractivity contribution in [3.63, 3.8) is 0 Å². The second-order valence-corrected chi connectivity index (χ2v) is 12.4. The molecular formula is C28H38N8O5S. The van der Waals surface area contributed by atoms with E-state index in [4.69, 9.17) is 9.72 Å². The van der Waals surface area contributed by atoms with Crippen LogP contribution < -0.4 is 10.3 Å². The lowest BCUT2D eigenvalue weighted by molar-refractivity contribution is 0.151. The smallest absolute Gasteiger partial charge is 0.281 e. The van der Waals surface area contributed by atoms with Crippen molar-refractivity contribution in [1.29, 1.82) is 0 Å². The Hall–Kier alpha value is -3.59. The van der Waals surface area contributed by atoms with E-state index < -0.39 is 10.0 Å². The first-order valence-corrected chi connectivity index (χ1v) is 15.7. The maximum atomic E-state index is 13.7. The van der Waals surface area contributed by atoms with Gasteiger partial charge in [-0.15, -0.1) is 0 Å². The average Bonchev–Trinajstić information content (AvgIpc) is 3.57. The zero-order valence-corrected chi connectivity index (χ0v) is 25.3. The number of aromatic nitrogens is 6. The number of rotatable bonds is 11. The predicted molar refractivity (Wildman–Crippen MR) is 158 cm³/mol. The van der Waals surface area contributed by atoms with E-state index >= 15 is 0 Å². The van der Waals surface area contributed by atoms with E-state index in [1.807, 2.05) is 36.6 Å². The maximum Gasteiger partial charge on any atom is 0.281 e. The van der Waals surface area contributed by atoms with Gasteiger partial charge in [-0.25, -0.2) is 23.1 Å². The molecule has 0 spiro atoms. The molecule has 0 unspecified atom stereocenters. The SMILES string of the molecule is CCCOc1ccc(S(=O)(=O)N2CCN(CCO)CC2)cc1-c1nc2c(CCC)n(-c3nccn3C)nc2c(=O)n1C. The predicted octanol–water partition coefficient (Wildman–Crippen LogP) is 1.56. The van der Waals surface area contributed by atoms with Crippen LogP contribution in [0.2, 0.25) is 0 Å². The van der Waals surface area contributed by atoms with E-state index in [-0.39, 0.29) is 22.6 Å². The number of aryl methyl sites for hydroxylation is 2. The Morgan fingerprint density at radius 2 is 1.81 bits per heavy atom. The Labute approximate surface area is 245 Å². The number of aliphatic hydroxyl groups excluding tert-OH is 1. The molecule has 1 N–H and O–H groups in total. The lowest BCUT2D eigenvalue weighted by Crippen LogP contribution is -2.49. The number of hydrogen-bond donors (Lipinski definition) is 1. The number of imidazole rings is 1. The largest absolute Gasteiger partial charge is 0.493 e. The topological polar surface area (TPSA) is 141 Å². The highest BCUT2D eigenvalue weighted by molar-refractivity contribution is 7.89. The first-order chi connectivity index (χ1) is 20.2. The molecule has 1 aliphatic rings.